The maximum Gasteiger partial charge on any atom is 0.303 e. The summed E-state index contributed by atoms with van der Waals surface area (Å²) < 4.78 is 1.73. The first-order chi connectivity index (χ1) is 8.27. The van der Waals surface area contributed by atoms with Crippen molar-refractivity contribution in [1.82, 2.24) is 15.0 Å². The number of hydrogen-bond acceptors (Lipinski definition) is 3. The van der Waals surface area contributed by atoms with E-state index in [1.807, 2.05) is 30.3 Å². The van der Waals surface area contributed by atoms with Crippen LogP contribution in [0.5, 0.6) is 0 Å². The van der Waals surface area contributed by atoms with E-state index >= 15 is 0 Å². The van der Waals surface area contributed by atoms with E-state index in [1.54, 1.807) is 10.9 Å². The Bertz CT molecular complexity index is 493. The van der Waals surface area contributed by atoms with Gasteiger partial charge in [-0.25, -0.2) is 4.68 Å². The number of aryl methyl sites for hydroxylation is 1. The van der Waals surface area contributed by atoms with Crippen molar-refractivity contribution in [2.24, 2.45) is 0 Å². The smallest absolute Gasteiger partial charge is 0.303 e. The molecule has 0 aliphatic heterocycles. The Balaban J connectivity index is 2.10. The van der Waals surface area contributed by atoms with Gasteiger partial charge in [-0.05, 0) is 6.42 Å². The monoisotopic (exact) mass is 231 g/mol. The minimum absolute atomic E-state index is 0.147. The fourth-order valence-corrected chi connectivity index (χ4v) is 1.64. The molecule has 0 aliphatic rings. The zero-order valence-electron chi connectivity index (χ0n) is 9.28. The molecular weight excluding hydrogens is 218 g/mol. The summed E-state index contributed by atoms with van der Waals surface area (Å²) in [7, 11) is 0. The van der Waals surface area contributed by atoms with E-state index in [9.17, 15) is 4.79 Å². The predicted octanol–water partition coefficient (Wildman–Crippen LogP) is 1.81. The highest BCUT2D eigenvalue weighted by atomic mass is 16.4. The van der Waals surface area contributed by atoms with Crippen molar-refractivity contribution in [2.45, 2.75) is 19.4 Å². The number of nitrogens with zero attached hydrogens (tertiary/aromatic N) is 3. The molecule has 0 fully saturated rings. The molecule has 2 aromatic rings. The van der Waals surface area contributed by atoms with Gasteiger partial charge in [-0.1, -0.05) is 35.5 Å². The van der Waals surface area contributed by atoms with Crippen molar-refractivity contribution in [3.8, 4) is 11.3 Å². The summed E-state index contributed by atoms with van der Waals surface area (Å²) in [6, 6.07) is 9.80. The number of benzene rings is 1. The molecule has 1 aromatic heterocycles. The van der Waals surface area contributed by atoms with E-state index in [0.717, 1.165) is 11.3 Å². The Morgan fingerprint density at radius 2 is 2.06 bits per heavy atom. The summed E-state index contributed by atoms with van der Waals surface area (Å²) >= 11 is 0. The number of aliphatic carboxylic acids is 1. The average Bonchev–Trinajstić information content (AvgIpc) is 2.78. The van der Waals surface area contributed by atoms with Crippen LogP contribution in [0.3, 0.4) is 0 Å². The van der Waals surface area contributed by atoms with Crippen LogP contribution in [0.15, 0.2) is 36.5 Å². The normalized spacial score (nSPS) is 10.4. The standard InChI is InChI=1S/C12H13N3O2/c16-12(17)7-4-8-15-11(9-13-14-15)10-5-2-1-3-6-10/h1-3,5-6,9H,4,7-8H2,(H,16,17). The van der Waals surface area contributed by atoms with Crippen LogP contribution >= 0.6 is 0 Å². The zero-order chi connectivity index (χ0) is 12.1. The molecule has 0 spiro atoms. The number of carboxylic acids is 1. The van der Waals surface area contributed by atoms with Gasteiger partial charge in [-0.15, -0.1) is 5.10 Å². The van der Waals surface area contributed by atoms with Crippen LogP contribution in [0.2, 0.25) is 0 Å². The van der Waals surface area contributed by atoms with Gasteiger partial charge in [-0.3, -0.25) is 4.79 Å². The van der Waals surface area contributed by atoms with Gasteiger partial charge in [0.05, 0.1) is 11.9 Å². The van der Waals surface area contributed by atoms with E-state index in [-0.39, 0.29) is 6.42 Å². The van der Waals surface area contributed by atoms with Gasteiger partial charge < -0.3 is 5.11 Å². The molecule has 2 rings (SSSR count). The Morgan fingerprint density at radius 1 is 1.29 bits per heavy atom. The molecule has 0 bridgehead atoms. The Labute approximate surface area is 98.7 Å². The fourth-order valence-electron chi connectivity index (χ4n) is 1.64. The molecule has 0 amide bonds. The third kappa shape index (κ3) is 2.90. The van der Waals surface area contributed by atoms with Crippen molar-refractivity contribution in [3.05, 3.63) is 36.5 Å². The van der Waals surface area contributed by atoms with Crippen molar-refractivity contribution in [1.29, 1.82) is 0 Å². The predicted molar refractivity (Wildman–Crippen MR) is 62.3 cm³/mol. The first-order valence-corrected chi connectivity index (χ1v) is 5.43. The van der Waals surface area contributed by atoms with Gasteiger partial charge in [0.1, 0.15) is 0 Å². The maximum absolute atomic E-state index is 10.4. The third-order valence-electron chi connectivity index (χ3n) is 2.45. The summed E-state index contributed by atoms with van der Waals surface area (Å²) in [5.74, 6) is -0.786. The summed E-state index contributed by atoms with van der Waals surface area (Å²) in [5.41, 5.74) is 1.95. The number of hydrogen-bond donors (Lipinski definition) is 1. The van der Waals surface area contributed by atoms with Crippen molar-refractivity contribution >= 4 is 5.97 Å². The lowest BCUT2D eigenvalue weighted by Crippen LogP contribution is -2.05. The second-order valence-corrected chi connectivity index (χ2v) is 3.71. The van der Waals surface area contributed by atoms with Crippen LogP contribution in [-0.2, 0) is 11.3 Å². The first-order valence-electron chi connectivity index (χ1n) is 5.43. The van der Waals surface area contributed by atoms with Gasteiger partial charge in [-0.2, -0.15) is 0 Å². The molecule has 5 nitrogen and oxygen atoms in total. The number of rotatable bonds is 5. The average molecular weight is 231 g/mol. The zero-order valence-corrected chi connectivity index (χ0v) is 9.28. The Morgan fingerprint density at radius 3 is 2.76 bits per heavy atom. The molecule has 1 aromatic carbocycles. The van der Waals surface area contributed by atoms with E-state index < -0.39 is 5.97 Å². The van der Waals surface area contributed by atoms with Crippen molar-refractivity contribution < 1.29 is 9.90 Å². The molecule has 5 heteroatoms. The van der Waals surface area contributed by atoms with Gasteiger partial charge in [0.15, 0.2) is 0 Å². The largest absolute Gasteiger partial charge is 0.481 e. The summed E-state index contributed by atoms with van der Waals surface area (Å²) in [6.07, 6.45) is 2.39. The highest BCUT2D eigenvalue weighted by Gasteiger charge is 2.06. The van der Waals surface area contributed by atoms with Crippen LogP contribution in [0.25, 0.3) is 11.3 Å². The van der Waals surface area contributed by atoms with Gasteiger partial charge in [0, 0.05) is 18.5 Å². The minimum atomic E-state index is -0.786. The molecule has 1 N–H and O–H groups in total. The summed E-state index contributed by atoms with van der Waals surface area (Å²) in [6.45, 7) is 0.566. The molecule has 0 saturated heterocycles. The van der Waals surface area contributed by atoms with Crippen LogP contribution in [0.1, 0.15) is 12.8 Å². The van der Waals surface area contributed by atoms with E-state index in [0.29, 0.717) is 13.0 Å². The summed E-state index contributed by atoms with van der Waals surface area (Å²) in [4.78, 5) is 10.4. The topological polar surface area (TPSA) is 68.0 Å². The molecule has 1 heterocycles. The molecule has 0 aliphatic carbocycles. The van der Waals surface area contributed by atoms with Crippen LogP contribution < -0.4 is 0 Å². The molecule has 17 heavy (non-hydrogen) atoms. The molecular formula is C12H13N3O2. The van der Waals surface area contributed by atoms with E-state index in [1.165, 1.54) is 0 Å². The fraction of sp³-hybridized carbons (Fsp3) is 0.250. The number of aromatic nitrogens is 3. The highest BCUT2D eigenvalue weighted by molar-refractivity contribution is 5.66. The Hall–Kier alpha value is -2.17. The lowest BCUT2D eigenvalue weighted by atomic mass is 10.2. The summed E-state index contributed by atoms with van der Waals surface area (Å²) in [5, 5.41) is 16.4. The molecule has 0 unspecified atom stereocenters. The van der Waals surface area contributed by atoms with Crippen molar-refractivity contribution in [2.75, 3.05) is 0 Å². The second kappa shape index (κ2) is 5.25. The lowest BCUT2D eigenvalue weighted by molar-refractivity contribution is -0.137. The van der Waals surface area contributed by atoms with Crippen LogP contribution in [0.4, 0.5) is 0 Å². The van der Waals surface area contributed by atoms with Crippen LogP contribution in [-0.4, -0.2) is 26.1 Å². The SMILES string of the molecule is O=C(O)CCCn1nncc1-c1ccccc1. The minimum Gasteiger partial charge on any atom is -0.481 e. The van der Waals surface area contributed by atoms with Gasteiger partial charge in [0.2, 0.25) is 0 Å². The van der Waals surface area contributed by atoms with Gasteiger partial charge in [0.25, 0.3) is 0 Å². The number of carbonyl (C=O) groups is 1. The Kier molecular flexibility index (Phi) is 3.49. The number of carboxylic acid groups (broad SMARTS) is 1. The third-order valence-corrected chi connectivity index (χ3v) is 2.45. The second-order valence-electron chi connectivity index (χ2n) is 3.71. The maximum atomic E-state index is 10.4. The lowest BCUT2D eigenvalue weighted by Gasteiger charge is -2.04. The van der Waals surface area contributed by atoms with Crippen LogP contribution in [0, 0.1) is 0 Å². The van der Waals surface area contributed by atoms with E-state index in [4.69, 9.17) is 5.11 Å². The molecule has 0 atom stereocenters. The molecule has 88 valence electrons. The van der Waals surface area contributed by atoms with E-state index in [2.05, 4.69) is 10.3 Å². The first kappa shape index (κ1) is 11.3. The quantitative estimate of drug-likeness (QED) is 0.852. The highest BCUT2D eigenvalue weighted by Crippen LogP contribution is 2.17. The molecule has 0 saturated carbocycles. The van der Waals surface area contributed by atoms with Gasteiger partial charge >= 0.3 is 5.97 Å². The van der Waals surface area contributed by atoms with Crippen molar-refractivity contribution in [3.63, 3.8) is 0 Å². The molecule has 0 radical (unpaired) electrons.